The molecule has 0 aromatic carbocycles. The molecule has 4 nitrogen and oxygen atoms in total. The van der Waals surface area contributed by atoms with E-state index in [-0.39, 0.29) is 0 Å². The van der Waals surface area contributed by atoms with E-state index in [0.717, 1.165) is 19.5 Å². The van der Waals surface area contributed by atoms with Gasteiger partial charge in [0.2, 0.25) is 0 Å². The molecule has 0 N–H and O–H groups in total. The Labute approximate surface area is 225 Å². The van der Waals surface area contributed by atoms with E-state index < -0.39 is 15.6 Å². The molecule has 228 valence electrons. The van der Waals surface area contributed by atoms with E-state index >= 15 is 0 Å². The van der Waals surface area contributed by atoms with Gasteiger partial charge in [-0.25, -0.2) is 9.13 Å². The zero-order valence-electron chi connectivity index (χ0n) is 20.6. The maximum absolute atomic E-state index is 10.7. The quantitative estimate of drug-likeness (QED) is 0.119. The molecule has 4 aromatic rings. The molecule has 0 saturated carbocycles. The van der Waals surface area contributed by atoms with Crippen molar-refractivity contribution < 1.29 is 59.5 Å². The summed E-state index contributed by atoms with van der Waals surface area (Å²) in [5.41, 5.74) is 4.83. The van der Waals surface area contributed by atoms with E-state index in [1.165, 1.54) is 22.3 Å². The molecule has 0 unspecified atom stereocenters. The third-order valence-electron chi connectivity index (χ3n) is 4.64. The Morgan fingerprint density at radius 1 is 0.415 bits per heavy atom. The Morgan fingerprint density at radius 2 is 0.634 bits per heavy atom. The van der Waals surface area contributed by atoms with Gasteiger partial charge in [0.1, 0.15) is 0 Å². The fourth-order valence-electron chi connectivity index (χ4n) is 3.12. The number of hydrogen-bond donors (Lipinski definition) is 0. The van der Waals surface area contributed by atoms with Crippen molar-refractivity contribution in [3.05, 3.63) is 98.1 Å². The number of rotatable bonds is 6. The number of halogens is 12. The predicted molar refractivity (Wildman–Crippen MR) is 131 cm³/mol. The fraction of sp³-hybridized carbons (Fsp3) is 0.130. The number of aromatic nitrogens is 4. The van der Waals surface area contributed by atoms with Gasteiger partial charge in [0.15, 0.2) is 37.9 Å². The molecule has 41 heavy (non-hydrogen) atoms. The molecule has 18 heteroatoms. The van der Waals surface area contributed by atoms with Gasteiger partial charge in [-0.1, -0.05) is 0 Å². The maximum Gasteiger partial charge on any atom is 0.169 e. The molecular weight excluding hydrogens is 622 g/mol. The molecule has 4 rings (SSSR count). The van der Waals surface area contributed by atoms with Crippen LogP contribution in [-0.2, 0) is 13.1 Å². The van der Waals surface area contributed by atoms with Crippen LogP contribution < -0.4 is 9.13 Å². The molecule has 0 aliphatic rings. The molecule has 0 atom stereocenters. The van der Waals surface area contributed by atoms with Gasteiger partial charge >= 0.3 is 66.0 Å². The van der Waals surface area contributed by atoms with E-state index in [1.54, 1.807) is 0 Å². The first-order valence-corrected chi connectivity index (χ1v) is 15.3. The molecule has 0 amide bonds. The third-order valence-corrected chi connectivity index (χ3v) is 4.64. The Hall–Kier alpha value is -3.38. The first kappa shape index (κ1) is 33.8. The largest absolute Gasteiger partial charge is 0.265 e. The summed E-state index contributed by atoms with van der Waals surface area (Å²) >= 11 is 0. The van der Waals surface area contributed by atoms with Crippen LogP contribution in [0.4, 0.5) is 50.4 Å². The Kier molecular flexibility index (Phi) is 8.90. The summed E-state index contributed by atoms with van der Waals surface area (Å²) in [4.78, 5) is 8.14. The maximum atomic E-state index is 9.87. The van der Waals surface area contributed by atoms with Gasteiger partial charge < -0.3 is 0 Å². The Bertz CT molecular complexity index is 1270. The van der Waals surface area contributed by atoms with Crippen LogP contribution >= 0.6 is 15.6 Å². The van der Waals surface area contributed by atoms with Crippen molar-refractivity contribution in [3.63, 3.8) is 0 Å². The minimum Gasteiger partial charge on any atom is -0.265 e. The van der Waals surface area contributed by atoms with Gasteiger partial charge in [0, 0.05) is 49.1 Å². The molecule has 0 spiro atoms. The van der Waals surface area contributed by atoms with E-state index in [2.05, 4.69) is 68.2 Å². The predicted octanol–water partition coefficient (Wildman–Crippen LogP) is 10.2. The van der Waals surface area contributed by atoms with E-state index in [1.807, 2.05) is 49.1 Å². The van der Waals surface area contributed by atoms with Crippen LogP contribution in [0.25, 0.3) is 22.3 Å². The monoisotopic (exact) mass is 644 g/mol. The molecule has 0 fully saturated rings. The fourth-order valence-corrected chi connectivity index (χ4v) is 3.12. The van der Waals surface area contributed by atoms with Crippen LogP contribution in [0.3, 0.4) is 0 Å². The van der Waals surface area contributed by atoms with Gasteiger partial charge in [-0.2, -0.15) is 0 Å². The summed E-state index contributed by atoms with van der Waals surface area (Å²) in [5, 5.41) is 0. The van der Waals surface area contributed by atoms with Crippen molar-refractivity contribution in [1.82, 2.24) is 9.97 Å². The minimum absolute atomic E-state index is 0.996. The summed E-state index contributed by atoms with van der Waals surface area (Å²) in [6.45, 7) is 1.99. The molecule has 0 aliphatic carbocycles. The standard InChI is InChI=1S/C23H22N4.2F6P/c1(14-26-16-6-22(7-17-26)20-2-10-24-11-3-20)15-27-18-8-23(9-19-27)21-4-12-25-13-5-21;2*1-7(2,3,4,5)6/h2-13,16-19H,1,14-15H2;;/q+2;2*-1. The number of aryl methyl sites for hydroxylation is 2. The number of hydrogen-bond acceptors (Lipinski definition) is 2. The summed E-state index contributed by atoms with van der Waals surface area (Å²) in [6, 6.07) is 16.8. The van der Waals surface area contributed by atoms with Crippen LogP contribution in [0.2, 0.25) is 0 Å². The summed E-state index contributed by atoms with van der Waals surface area (Å²) in [5.74, 6) is 0. The van der Waals surface area contributed by atoms with Crippen molar-refractivity contribution in [2.45, 2.75) is 19.5 Å². The van der Waals surface area contributed by atoms with Crippen LogP contribution in [0, 0.1) is 0 Å². The van der Waals surface area contributed by atoms with E-state index in [9.17, 15) is 50.4 Å². The first-order chi connectivity index (χ1) is 18.3. The van der Waals surface area contributed by atoms with Crippen molar-refractivity contribution in [2.24, 2.45) is 0 Å². The Balaban J connectivity index is 0.000000349. The molecular formula is C23H22F12N4P2. The number of pyridine rings is 4. The third kappa shape index (κ3) is 20.2. The minimum atomic E-state index is -10.7. The van der Waals surface area contributed by atoms with Crippen LogP contribution in [0.5, 0.6) is 0 Å². The summed E-state index contributed by atoms with van der Waals surface area (Å²) < 4.78 is 123. The van der Waals surface area contributed by atoms with Crippen LogP contribution in [-0.4, -0.2) is 9.97 Å². The molecule has 0 radical (unpaired) electrons. The first-order valence-electron chi connectivity index (χ1n) is 11.2. The second-order valence-electron chi connectivity index (χ2n) is 8.39. The average molecular weight is 644 g/mol. The van der Waals surface area contributed by atoms with Gasteiger partial charge in [0.05, 0.1) is 6.42 Å². The van der Waals surface area contributed by atoms with Crippen molar-refractivity contribution in [2.75, 3.05) is 0 Å². The SMILES string of the molecule is F[P-](F)(F)(F)(F)F.F[P-](F)(F)(F)(F)F.c1cc(-c2cc[n+](CCC[n+]3ccc(-c4ccncc4)cc3)cc2)ccn1. The summed E-state index contributed by atoms with van der Waals surface area (Å²) in [7, 11) is -21.3. The average Bonchev–Trinajstić information content (AvgIpc) is 2.82. The van der Waals surface area contributed by atoms with E-state index in [0.29, 0.717) is 0 Å². The zero-order chi connectivity index (χ0) is 31.1. The van der Waals surface area contributed by atoms with Gasteiger partial charge in [0.25, 0.3) is 0 Å². The molecule has 4 heterocycles. The molecule has 4 aromatic heterocycles. The Morgan fingerprint density at radius 3 is 0.878 bits per heavy atom. The second-order valence-corrected chi connectivity index (χ2v) is 12.2. The van der Waals surface area contributed by atoms with E-state index in [4.69, 9.17) is 0 Å². The number of nitrogens with zero attached hydrogens (tertiary/aromatic N) is 4. The summed E-state index contributed by atoms with van der Waals surface area (Å²) in [6.07, 6.45) is 17.0. The van der Waals surface area contributed by atoms with Gasteiger partial charge in [-0.3, -0.25) is 9.97 Å². The normalized spacial score (nSPS) is 14.9. The van der Waals surface area contributed by atoms with Crippen LogP contribution in [0.15, 0.2) is 98.1 Å². The molecule has 0 saturated heterocycles. The topological polar surface area (TPSA) is 33.5 Å². The second kappa shape index (κ2) is 10.8. The van der Waals surface area contributed by atoms with Crippen molar-refractivity contribution in [3.8, 4) is 22.3 Å². The van der Waals surface area contributed by atoms with Crippen molar-refractivity contribution in [1.29, 1.82) is 0 Å². The van der Waals surface area contributed by atoms with Crippen LogP contribution in [0.1, 0.15) is 6.42 Å². The van der Waals surface area contributed by atoms with Gasteiger partial charge in [-0.05, 0) is 46.5 Å². The zero-order valence-corrected chi connectivity index (χ0v) is 22.4. The van der Waals surface area contributed by atoms with Crippen molar-refractivity contribution >= 4 is 15.6 Å². The molecule has 0 bridgehead atoms. The molecule has 0 aliphatic heterocycles. The van der Waals surface area contributed by atoms with Gasteiger partial charge in [-0.15, -0.1) is 0 Å². The smallest absolute Gasteiger partial charge is 0.169 e.